The number of furan rings is 1. The van der Waals surface area contributed by atoms with Gasteiger partial charge in [-0.15, -0.1) is 0 Å². The van der Waals surface area contributed by atoms with E-state index in [-0.39, 0.29) is 5.91 Å². The molecule has 4 nitrogen and oxygen atoms in total. The lowest BCUT2D eigenvalue weighted by molar-refractivity contribution is -0.127. The highest BCUT2D eigenvalue weighted by molar-refractivity contribution is 14.1. The summed E-state index contributed by atoms with van der Waals surface area (Å²) in [5.74, 6) is 0.600. The van der Waals surface area contributed by atoms with Crippen molar-refractivity contribution in [2.75, 3.05) is 0 Å². The number of hydrogen-bond acceptors (Lipinski definition) is 3. The lowest BCUT2D eigenvalue weighted by Crippen LogP contribution is -2.28. The molecule has 2 aromatic heterocycles. The van der Waals surface area contributed by atoms with Crippen LogP contribution in [0.2, 0.25) is 0 Å². The summed E-state index contributed by atoms with van der Waals surface area (Å²) in [6, 6.07) is 15.7. The Morgan fingerprint density at radius 3 is 2.69 bits per heavy atom. The van der Waals surface area contributed by atoms with E-state index in [2.05, 4.69) is 46.6 Å². The number of pyridine rings is 1. The summed E-state index contributed by atoms with van der Waals surface area (Å²) in [5.41, 5.74) is 3.29. The van der Waals surface area contributed by atoms with Crippen LogP contribution in [0.5, 0.6) is 0 Å². The standard InChI is InChI=1S/C21H19IN2O2/c1-16-5-2-3-7-18(16)15-24(14-17-6-4-12-23-13-17)21(25)11-9-19-8-10-20(22)26-19/h2-13H,14-15H2,1H3. The maximum absolute atomic E-state index is 12.8. The van der Waals surface area contributed by atoms with Crippen LogP contribution in [-0.4, -0.2) is 15.8 Å². The first-order valence-corrected chi connectivity index (χ1v) is 9.35. The van der Waals surface area contributed by atoms with Crippen LogP contribution in [0.3, 0.4) is 0 Å². The largest absolute Gasteiger partial charge is 0.451 e. The monoisotopic (exact) mass is 458 g/mol. The Kier molecular flexibility index (Phi) is 6.22. The number of hydrogen-bond donors (Lipinski definition) is 0. The molecule has 0 fully saturated rings. The van der Waals surface area contributed by atoms with Gasteiger partial charge in [-0.25, -0.2) is 0 Å². The smallest absolute Gasteiger partial charge is 0.247 e. The number of carbonyl (C=O) groups is 1. The Morgan fingerprint density at radius 2 is 2.00 bits per heavy atom. The van der Waals surface area contributed by atoms with Gasteiger partial charge in [0.05, 0.1) is 0 Å². The Labute approximate surface area is 166 Å². The number of aromatic nitrogens is 1. The van der Waals surface area contributed by atoms with Crippen molar-refractivity contribution in [1.29, 1.82) is 0 Å². The second kappa shape index (κ2) is 8.80. The van der Waals surface area contributed by atoms with Gasteiger partial charge in [-0.1, -0.05) is 30.3 Å². The fraction of sp³-hybridized carbons (Fsp3) is 0.143. The van der Waals surface area contributed by atoms with Crippen LogP contribution >= 0.6 is 22.6 Å². The van der Waals surface area contributed by atoms with Crippen molar-refractivity contribution in [1.82, 2.24) is 9.88 Å². The summed E-state index contributed by atoms with van der Waals surface area (Å²) in [5, 5.41) is 0. The molecule has 0 radical (unpaired) electrons. The van der Waals surface area contributed by atoms with Crippen LogP contribution in [0.1, 0.15) is 22.5 Å². The van der Waals surface area contributed by atoms with Gasteiger partial charge >= 0.3 is 0 Å². The summed E-state index contributed by atoms with van der Waals surface area (Å²) in [6.07, 6.45) is 6.79. The predicted molar refractivity (Wildman–Crippen MR) is 110 cm³/mol. The summed E-state index contributed by atoms with van der Waals surface area (Å²) in [7, 11) is 0. The van der Waals surface area contributed by atoms with Crippen LogP contribution in [-0.2, 0) is 17.9 Å². The average Bonchev–Trinajstić information content (AvgIpc) is 3.07. The minimum atomic E-state index is -0.0662. The van der Waals surface area contributed by atoms with E-state index in [1.54, 1.807) is 24.5 Å². The van der Waals surface area contributed by atoms with Crippen LogP contribution in [0, 0.1) is 10.7 Å². The third-order valence-electron chi connectivity index (χ3n) is 4.01. The van der Waals surface area contributed by atoms with Gasteiger partial charge in [0.25, 0.3) is 0 Å². The Hall–Kier alpha value is -2.41. The predicted octanol–water partition coefficient (Wildman–Crippen LogP) is 4.83. The third kappa shape index (κ3) is 5.05. The zero-order valence-electron chi connectivity index (χ0n) is 14.4. The molecule has 3 rings (SSSR count). The number of carbonyl (C=O) groups excluding carboxylic acids is 1. The molecule has 0 bridgehead atoms. The second-order valence-electron chi connectivity index (χ2n) is 5.96. The quantitative estimate of drug-likeness (QED) is 0.393. The Morgan fingerprint density at radius 1 is 1.15 bits per heavy atom. The molecule has 0 spiro atoms. The molecule has 0 saturated heterocycles. The van der Waals surface area contributed by atoms with Crippen LogP contribution in [0.25, 0.3) is 6.08 Å². The van der Waals surface area contributed by atoms with Crippen molar-refractivity contribution >= 4 is 34.6 Å². The van der Waals surface area contributed by atoms with Crippen molar-refractivity contribution < 1.29 is 9.21 Å². The van der Waals surface area contributed by atoms with Gasteiger partial charge in [-0.05, 0) is 70.5 Å². The maximum Gasteiger partial charge on any atom is 0.247 e. The normalized spacial score (nSPS) is 11.0. The van der Waals surface area contributed by atoms with Crippen LogP contribution in [0.15, 0.2) is 71.4 Å². The molecule has 0 saturated carbocycles. The van der Waals surface area contributed by atoms with Gasteiger partial charge in [0.2, 0.25) is 5.91 Å². The first kappa shape index (κ1) is 18.4. The maximum atomic E-state index is 12.8. The topological polar surface area (TPSA) is 46.3 Å². The lowest BCUT2D eigenvalue weighted by atomic mass is 10.1. The molecule has 1 amide bonds. The van der Waals surface area contributed by atoms with E-state index in [0.29, 0.717) is 18.8 Å². The molecule has 0 aliphatic heterocycles. The first-order valence-electron chi connectivity index (χ1n) is 8.27. The molecule has 26 heavy (non-hydrogen) atoms. The lowest BCUT2D eigenvalue weighted by Gasteiger charge is -2.22. The highest BCUT2D eigenvalue weighted by atomic mass is 127. The SMILES string of the molecule is Cc1ccccc1CN(Cc1cccnc1)C(=O)C=Cc1ccc(I)o1. The van der Waals surface area contributed by atoms with Gasteiger partial charge in [0.15, 0.2) is 3.77 Å². The van der Waals surface area contributed by atoms with E-state index in [4.69, 9.17) is 4.42 Å². The molecule has 3 aromatic rings. The molecule has 1 aromatic carbocycles. The molecular formula is C21H19IN2O2. The zero-order valence-corrected chi connectivity index (χ0v) is 16.6. The van der Waals surface area contributed by atoms with E-state index in [9.17, 15) is 4.79 Å². The van der Waals surface area contributed by atoms with E-state index in [0.717, 1.165) is 14.9 Å². The van der Waals surface area contributed by atoms with Gasteiger partial charge in [0, 0.05) is 31.6 Å². The average molecular weight is 458 g/mol. The van der Waals surface area contributed by atoms with Crippen molar-refractivity contribution in [3.05, 3.63) is 93.2 Å². The Bertz CT molecular complexity index is 903. The van der Waals surface area contributed by atoms with E-state index >= 15 is 0 Å². The van der Waals surface area contributed by atoms with E-state index in [1.165, 1.54) is 5.56 Å². The van der Waals surface area contributed by atoms with Crippen LogP contribution in [0.4, 0.5) is 0 Å². The minimum absolute atomic E-state index is 0.0662. The van der Waals surface area contributed by atoms with Crippen molar-refractivity contribution in [2.45, 2.75) is 20.0 Å². The highest BCUT2D eigenvalue weighted by Crippen LogP contribution is 2.15. The summed E-state index contributed by atoms with van der Waals surface area (Å²) in [4.78, 5) is 18.8. The number of aryl methyl sites for hydroxylation is 1. The van der Waals surface area contributed by atoms with Gasteiger partial charge in [-0.3, -0.25) is 9.78 Å². The van der Waals surface area contributed by atoms with Gasteiger partial charge in [0.1, 0.15) is 5.76 Å². The van der Waals surface area contributed by atoms with Gasteiger partial charge < -0.3 is 9.32 Å². The number of rotatable bonds is 6. The second-order valence-corrected chi connectivity index (χ2v) is 7.02. The molecular weight excluding hydrogens is 439 g/mol. The molecule has 0 unspecified atom stereocenters. The minimum Gasteiger partial charge on any atom is -0.451 e. The molecule has 132 valence electrons. The molecule has 2 heterocycles. The molecule has 5 heteroatoms. The van der Waals surface area contributed by atoms with Crippen molar-refractivity contribution in [3.8, 4) is 0 Å². The summed E-state index contributed by atoms with van der Waals surface area (Å²) < 4.78 is 6.28. The number of halogens is 1. The third-order valence-corrected chi connectivity index (χ3v) is 4.59. The van der Waals surface area contributed by atoms with Gasteiger partial charge in [-0.2, -0.15) is 0 Å². The number of nitrogens with zero attached hydrogens (tertiary/aromatic N) is 2. The summed E-state index contributed by atoms with van der Waals surface area (Å²) in [6.45, 7) is 3.10. The number of benzene rings is 1. The van der Waals surface area contributed by atoms with Crippen molar-refractivity contribution in [2.24, 2.45) is 0 Å². The highest BCUT2D eigenvalue weighted by Gasteiger charge is 2.13. The molecule has 0 N–H and O–H groups in total. The molecule has 0 aliphatic rings. The zero-order chi connectivity index (χ0) is 18.4. The van der Waals surface area contributed by atoms with E-state index in [1.807, 2.05) is 41.3 Å². The summed E-state index contributed by atoms with van der Waals surface area (Å²) >= 11 is 2.10. The van der Waals surface area contributed by atoms with Crippen molar-refractivity contribution in [3.63, 3.8) is 0 Å². The molecule has 0 atom stereocenters. The Balaban J connectivity index is 1.80. The first-order chi connectivity index (χ1) is 12.6. The van der Waals surface area contributed by atoms with Crippen LogP contribution < -0.4 is 0 Å². The fourth-order valence-corrected chi connectivity index (χ4v) is 3.03. The molecule has 0 aliphatic carbocycles. The fourth-order valence-electron chi connectivity index (χ4n) is 2.59. The van der Waals surface area contributed by atoms with E-state index < -0.39 is 0 Å². The number of amides is 1.